The molecule has 0 saturated carbocycles. The Labute approximate surface area is 132 Å². The molecule has 6 nitrogen and oxygen atoms in total. The monoisotopic (exact) mass is 346 g/mol. The van der Waals surface area contributed by atoms with E-state index in [2.05, 4.69) is 18.6 Å². The number of piperidine rings is 1. The standard InChI is InChI=1S/C14H22N2O4S2/c1-11-8-12(2)10-16(9-11)22(19,20)14-6-4-13(5-7-14)15-21(3,17)18/h4-7,11-12,15H,8-10H2,1-3H3/t11-,12-/m1/s1. The maximum absolute atomic E-state index is 12.7. The summed E-state index contributed by atoms with van der Waals surface area (Å²) in [6, 6.07) is 5.80. The van der Waals surface area contributed by atoms with Crippen LogP contribution < -0.4 is 4.72 Å². The summed E-state index contributed by atoms with van der Waals surface area (Å²) in [4.78, 5) is 0.188. The Morgan fingerprint density at radius 1 is 1.00 bits per heavy atom. The molecule has 0 unspecified atom stereocenters. The van der Waals surface area contributed by atoms with Crippen LogP contribution in [0.4, 0.5) is 5.69 Å². The number of hydrogen-bond donors (Lipinski definition) is 1. The molecule has 2 atom stereocenters. The van der Waals surface area contributed by atoms with Crippen LogP contribution in [0.5, 0.6) is 0 Å². The third-order valence-electron chi connectivity index (χ3n) is 3.63. The van der Waals surface area contributed by atoms with Crippen molar-refractivity contribution in [3.05, 3.63) is 24.3 Å². The van der Waals surface area contributed by atoms with Gasteiger partial charge in [0.2, 0.25) is 20.0 Å². The van der Waals surface area contributed by atoms with E-state index in [4.69, 9.17) is 0 Å². The van der Waals surface area contributed by atoms with Gasteiger partial charge in [-0.15, -0.1) is 0 Å². The molecule has 124 valence electrons. The summed E-state index contributed by atoms with van der Waals surface area (Å²) in [5, 5.41) is 0. The fourth-order valence-electron chi connectivity index (χ4n) is 2.86. The Hall–Kier alpha value is -1.12. The van der Waals surface area contributed by atoms with Crippen molar-refractivity contribution in [2.24, 2.45) is 11.8 Å². The van der Waals surface area contributed by atoms with Gasteiger partial charge in [-0.1, -0.05) is 13.8 Å². The molecule has 1 N–H and O–H groups in total. The number of nitrogens with zero attached hydrogens (tertiary/aromatic N) is 1. The van der Waals surface area contributed by atoms with Crippen molar-refractivity contribution < 1.29 is 16.8 Å². The van der Waals surface area contributed by atoms with Crippen LogP contribution in [0.3, 0.4) is 0 Å². The third-order valence-corrected chi connectivity index (χ3v) is 6.08. The molecule has 0 amide bonds. The van der Waals surface area contributed by atoms with Gasteiger partial charge in [0, 0.05) is 18.8 Å². The molecular weight excluding hydrogens is 324 g/mol. The highest BCUT2D eigenvalue weighted by atomic mass is 32.2. The van der Waals surface area contributed by atoms with Crippen LogP contribution in [0.2, 0.25) is 0 Å². The molecule has 1 fully saturated rings. The van der Waals surface area contributed by atoms with Gasteiger partial charge in [0.1, 0.15) is 0 Å². The molecule has 0 spiro atoms. The minimum atomic E-state index is -3.53. The van der Waals surface area contributed by atoms with E-state index in [1.165, 1.54) is 28.6 Å². The Morgan fingerprint density at radius 3 is 1.95 bits per heavy atom. The normalized spacial score (nSPS) is 24.1. The highest BCUT2D eigenvalue weighted by molar-refractivity contribution is 7.92. The Bertz CT molecular complexity index is 717. The highest BCUT2D eigenvalue weighted by Crippen LogP contribution is 2.27. The van der Waals surface area contributed by atoms with Crippen molar-refractivity contribution >= 4 is 25.7 Å². The topological polar surface area (TPSA) is 83.6 Å². The summed E-state index contributed by atoms with van der Waals surface area (Å²) in [5.74, 6) is 0.675. The van der Waals surface area contributed by atoms with Gasteiger partial charge in [-0.3, -0.25) is 4.72 Å². The van der Waals surface area contributed by atoms with E-state index in [0.717, 1.165) is 12.7 Å². The third kappa shape index (κ3) is 4.21. The fourth-order valence-corrected chi connectivity index (χ4v) is 5.10. The van der Waals surface area contributed by atoms with E-state index in [9.17, 15) is 16.8 Å². The molecule has 1 saturated heterocycles. The molecule has 1 heterocycles. The molecule has 0 radical (unpaired) electrons. The quantitative estimate of drug-likeness (QED) is 0.900. The first-order valence-corrected chi connectivity index (χ1v) is 10.5. The van der Waals surface area contributed by atoms with E-state index >= 15 is 0 Å². The van der Waals surface area contributed by atoms with E-state index in [-0.39, 0.29) is 4.90 Å². The zero-order valence-electron chi connectivity index (χ0n) is 13.0. The molecule has 0 aliphatic carbocycles. The Morgan fingerprint density at radius 2 is 1.50 bits per heavy atom. The molecule has 8 heteroatoms. The average molecular weight is 346 g/mol. The number of benzene rings is 1. The predicted molar refractivity (Wildman–Crippen MR) is 86.6 cm³/mol. The number of anilines is 1. The van der Waals surface area contributed by atoms with Gasteiger partial charge in [0.05, 0.1) is 11.2 Å². The zero-order chi connectivity index (χ0) is 16.5. The SMILES string of the molecule is C[C@@H]1C[C@@H](C)CN(S(=O)(=O)c2ccc(NS(C)(=O)=O)cc2)C1. The van der Waals surface area contributed by atoms with Crippen LogP contribution in [-0.2, 0) is 20.0 Å². The van der Waals surface area contributed by atoms with Crippen LogP contribution >= 0.6 is 0 Å². The predicted octanol–water partition coefficient (Wildman–Crippen LogP) is 1.72. The second-order valence-electron chi connectivity index (χ2n) is 6.17. The van der Waals surface area contributed by atoms with Crippen LogP contribution in [0, 0.1) is 11.8 Å². The van der Waals surface area contributed by atoms with Crippen molar-refractivity contribution in [1.29, 1.82) is 0 Å². The first-order chi connectivity index (χ1) is 10.1. The number of sulfonamides is 2. The van der Waals surface area contributed by atoms with E-state index in [1.807, 2.05) is 0 Å². The van der Waals surface area contributed by atoms with Gasteiger partial charge in [0.15, 0.2) is 0 Å². The summed E-state index contributed by atoms with van der Waals surface area (Å²) < 4.78 is 51.5. The van der Waals surface area contributed by atoms with Crippen LogP contribution in [0.15, 0.2) is 29.2 Å². The Balaban J connectivity index is 2.22. The summed E-state index contributed by atoms with van der Waals surface area (Å²) in [6.45, 7) is 5.15. The molecule has 2 rings (SSSR count). The minimum Gasteiger partial charge on any atom is -0.284 e. The highest BCUT2D eigenvalue weighted by Gasteiger charge is 2.31. The van der Waals surface area contributed by atoms with Crippen LogP contribution in [-0.4, -0.2) is 40.5 Å². The van der Waals surface area contributed by atoms with E-state index in [0.29, 0.717) is 30.6 Å². The molecular formula is C14H22N2O4S2. The van der Waals surface area contributed by atoms with Gasteiger partial charge in [-0.2, -0.15) is 4.31 Å². The average Bonchev–Trinajstić information content (AvgIpc) is 2.36. The maximum Gasteiger partial charge on any atom is 0.243 e. The molecule has 1 aliphatic heterocycles. The minimum absolute atomic E-state index is 0.188. The van der Waals surface area contributed by atoms with Gasteiger partial charge in [-0.25, -0.2) is 16.8 Å². The lowest BCUT2D eigenvalue weighted by molar-refractivity contribution is 0.222. The van der Waals surface area contributed by atoms with Crippen LogP contribution in [0.25, 0.3) is 0 Å². The maximum atomic E-state index is 12.7. The van der Waals surface area contributed by atoms with Crippen molar-refractivity contribution in [3.63, 3.8) is 0 Å². The molecule has 1 aromatic carbocycles. The smallest absolute Gasteiger partial charge is 0.243 e. The largest absolute Gasteiger partial charge is 0.284 e. The second kappa shape index (κ2) is 6.17. The summed E-state index contributed by atoms with van der Waals surface area (Å²) in [6.07, 6.45) is 2.08. The first-order valence-electron chi connectivity index (χ1n) is 7.16. The molecule has 22 heavy (non-hydrogen) atoms. The summed E-state index contributed by atoms with van der Waals surface area (Å²) >= 11 is 0. The number of nitrogens with one attached hydrogen (secondary N) is 1. The first kappa shape index (κ1) is 17.2. The summed E-state index contributed by atoms with van der Waals surface area (Å²) in [5.41, 5.74) is 0.349. The van der Waals surface area contributed by atoms with Crippen molar-refractivity contribution in [1.82, 2.24) is 4.31 Å². The van der Waals surface area contributed by atoms with Gasteiger partial charge < -0.3 is 0 Å². The lowest BCUT2D eigenvalue weighted by Crippen LogP contribution is -2.42. The van der Waals surface area contributed by atoms with Crippen LogP contribution in [0.1, 0.15) is 20.3 Å². The van der Waals surface area contributed by atoms with Gasteiger partial charge >= 0.3 is 0 Å². The molecule has 0 aromatic heterocycles. The molecule has 0 bridgehead atoms. The Kier molecular flexibility index (Phi) is 4.84. The van der Waals surface area contributed by atoms with Crippen molar-refractivity contribution in [2.75, 3.05) is 24.1 Å². The lowest BCUT2D eigenvalue weighted by atomic mass is 9.94. The molecule has 1 aromatic rings. The van der Waals surface area contributed by atoms with Gasteiger partial charge in [0.25, 0.3) is 0 Å². The number of rotatable bonds is 4. The van der Waals surface area contributed by atoms with Crippen molar-refractivity contribution in [2.45, 2.75) is 25.2 Å². The zero-order valence-corrected chi connectivity index (χ0v) is 14.6. The van der Waals surface area contributed by atoms with Gasteiger partial charge in [-0.05, 0) is 42.5 Å². The number of hydrogen-bond acceptors (Lipinski definition) is 4. The van der Waals surface area contributed by atoms with E-state index < -0.39 is 20.0 Å². The van der Waals surface area contributed by atoms with E-state index in [1.54, 1.807) is 0 Å². The lowest BCUT2D eigenvalue weighted by Gasteiger charge is -2.34. The second-order valence-corrected chi connectivity index (χ2v) is 9.85. The van der Waals surface area contributed by atoms with Crippen molar-refractivity contribution in [3.8, 4) is 0 Å². The molecule has 1 aliphatic rings. The fraction of sp³-hybridized carbons (Fsp3) is 0.571. The summed E-state index contributed by atoms with van der Waals surface area (Å²) in [7, 11) is -6.90.